The SMILES string of the molecule is CNC1CCc2sc(C(C)C)cc21. The number of rotatable bonds is 2. The van der Waals surface area contributed by atoms with E-state index < -0.39 is 0 Å². The van der Waals surface area contributed by atoms with E-state index in [-0.39, 0.29) is 0 Å². The molecule has 1 atom stereocenters. The highest BCUT2D eigenvalue weighted by Crippen LogP contribution is 2.39. The van der Waals surface area contributed by atoms with E-state index in [2.05, 4.69) is 32.3 Å². The van der Waals surface area contributed by atoms with E-state index in [4.69, 9.17) is 0 Å². The summed E-state index contributed by atoms with van der Waals surface area (Å²) in [4.78, 5) is 3.16. The van der Waals surface area contributed by atoms with Gasteiger partial charge in [-0.1, -0.05) is 13.8 Å². The van der Waals surface area contributed by atoms with E-state index in [0.29, 0.717) is 12.0 Å². The Kier molecular flexibility index (Phi) is 2.43. The quantitative estimate of drug-likeness (QED) is 0.764. The molecule has 0 bridgehead atoms. The van der Waals surface area contributed by atoms with E-state index >= 15 is 0 Å². The van der Waals surface area contributed by atoms with Crippen LogP contribution >= 0.6 is 11.3 Å². The highest BCUT2D eigenvalue weighted by molar-refractivity contribution is 7.12. The van der Waals surface area contributed by atoms with Crippen LogP contribution in [0.2, 0.25) is 0 Å². The summed E-state index contributed by atoms with van der Waals surface area (Å²) in [5.74, 6) is 0.688. The molecule has 0 amide bonds. The van der Waals surface area contributed by atoms with Crippen molar-refractivity contribution in [1.82, 2.24) is 5.32 Å². The van der Waals surface area contributed by atoms with Crippen LogP contribution in [0.4, 0.5) is 0 Å². The van der Waals surface area contributed by atoms with Crippen LogP contribution in [0.5, 0.6) is 0 Å². The zero-order valence-electron chi connectivity index (χ0n) is 8.55. The molecule has 1 aliphatic rings. The van der Waals surface area contributed by atoms with Crippen LogP contribution in [0.15, 0.2) is 6.07 Å². The first kappa shape index (κ1) is 9.22. The molecule has 0 aromatic carbocycles. The van der Waals surface area contributed by atoms with Crippen molar-refractivity contribution < 1.29 is 0 Å². The minimum Gasteiger partial charge on any atom is -0.313 e. The van der Waals surface area contributed by atoms with Gasteiger partial charge in [-0.2, -0.15) is 0 Å². The fourth-order valence-electron chi connectivity index (χ4n) is 1.97. The smallest absolute Gasteiger partial charge is 0.0332 e. The lowest BCUT2D eigenvalue weighted by atomic mass is 10.1. The third-order valence-electron chi connectivity index (χ3n) is 2.81. The van der Waals surface area contributed by atoms with E-state index in [1.54, 1.807) is 15.3 Å². The molecule has 0 radical (unpaired) electrons. The van der Waals surface area contributed by atoms with Gasteiger partial charge >= 0.3 is 0 Å². The third kappa shape index (κ3) is 1.53. The molecule has 1 N–H and O–H groups in total. The molecule has 1 aromatic heterocycles. The van der Waals surface area contributed by atoms with Gasteiger partial charge in [0.25, 0.3) is 0 Å². The van der Waals surface area contributed by atoms with Crippen molar-refractivity contribution in [2.45, 2.75) is 38.6 Å². The fourth-order valence-corrected chi connectivity index (χ4v) is 3.22. The molecule has 2 rings (SSSR count). The van der Waals surface area contributed by atoms with Crippen LogP contribution in [-0.4, -0.2) is 7.05 Å². The highest BCUT2D eigenvalue weighted by atomic mass is 32.1. The predicted octanol–water partition coefficient (Wildman–Crippen LogP) is 3.08. The topological polar surface area (TPSA) is 12.0 Å². The number of hydrogen-bond donors (Lipinski definition) is 1. The van der Waals surface area contributed by atoms with Crippen molar-refractivity contribution in [1.29, 1.82) is 0 Å². The summed E-state index contributed by atoms with van der Waals surface area (Å²) in [5, 5.41) is 3.38. The average Bonchev–Trinajstić information content (AvgIpc) is 2.60. The van der Waals surface area contributed by atoms with Gasteiger partial charge in [-0.05, 0) is 37.4 Å². The zero-order valence-corrected chi connectivity index (χ0v) is 9.37. The summed E-state index contributed by atoms with van der Waals surface area (Å²) < 4.78 is 0. The maximum Gasteiger partial charge on any atom is 0.0332 e. The van der Waals surface area contributed by atoms with E-state index in [1.165, 1.54) is 12.8 Å². The monoisotopic (exact) mass is 195 g/mol. The molecule has 0 saturated carbocycles. The second-order valence-corrected chi connectivity index (χ2v) is 5.23. The molecular weight excluding hydrogens is 178 g/mol. The molecule has 0 spiro atoms. The van der Waals surface area contributed by atoms with Gasteiger partial charge in [0.1, 0.15) is 0 Å². The number of nitrogens with one attached hydrogen (secondary N) is 1. The largest absolute Gasteiger partial charge is 0.313 e. The second-order valence-electron chi connectivity index (χ2n) is 4.06. The minimum atomic E-state index is 0.624. The third-order valence-corrected chi connectivity index (χ3v) is 4.32. The standard InChI is InChI=1S/C11H17NS/c1-7(2)11-6-8-9(12-3)4-5-10(8)13-11/h6-7,9,12H,4-5H2,1-3H3. The average molecular weight is 195 g/mol. The maximum absolute atomic E-state index is 3.38. The Balaban J connectivity index is 2.31. The summed E-state index contributed by atoms with van der Waals surface area (Å²) >= 11 is 2.01. The highest BCUT2D eigenvalue weighted by Gasteiger charge is 2.24. The van der Waals surface area contributed by atoms with Gasteiger partial charge < -0.3 is 5.32 Å². The molecule has 13 heavy (non-hydrogen) atoms. The molecule has 2 heteroatoms. The molecule has 1 unspecified atom stereocenters. The van der Waals surface area contributed by atoms with Gasteiger partial charge in [-0.3, -0.25) is 0 Å². The first-order valence-electron chi connectivity index (χ1n) is 5.02. The minimum absolute atomic E-state index is 0.624. The second kappa shape index (κ2) is 3.43. The number of hydrogen-bond acceptors (Lipinski definition) is 2. The van der Waals surface area contributed by atoms with Crippen LogP contribution < -0.4 is 5.32 Å². The Hall–Kier alpha value is -0.340. The lowest BCUT2D eigenvalue weighted by Gasteiger charge is -2.07. The van der Waals surface area contributed by atoms with Crippen molar-refractivity contribution in [3.8, 4) is 0 Å². The van der Waals surface area contributed by atoms with Crippen molar-refractivity contribution >= 4 is 11.3 Å². The van der Waals surface area contributed by atoms with Crippen molar-refractivity contribution in [2.24, 2.45) is 0 Å². The molecule has 0 saturated heterocycles. The summed E-state index contributed by atoms with van der Waals surface area (Å²) in [6.07, 6.45) is 2.56. The van der Waals surface area contributed by atoms with Crippen molar-refractivity contribution in [3.63, 3.8) is 0 Å². The molecular formula is C11H17NS. The summed E-state index contributed by atoms with van der Waals surface area (Å²) in [5.41, 5.74) is 1.57. The fraction of sp³-hybridized carbons (Fsp3) is 0.636. The molecule has 1 nitrogen and oxygen atoms in total. The van der Waals surface area contributed by atoms with Gasteiger partial charge in [0.2, 0.25) is 0 Å². The molecule has 1 aromatic rings. The van der Waals surface area contributed by atoms with Crippen molar-refractivity contribution in [3.05, 3.63) is 21.4 Å². The zero-order chi connectivity index (χ0) is 9.42. The normalized spacial score (nSPS) is 21.1. The van der Waals surface area contributed by atoms with Gasteiger partial charge in [0.15, 0.2) is 0 Å². The number of thiophene rings is 1. The maximum atomic E-state index is 3.38. The Morgan fingerprint density at radius 1 is 1.54 bits per heavy atom. The van der Waals surface area contributed by atoms with Crippen LogP contribution in [0, 0.1) is 0 Å². The molecule has 0 aliphatic heterocycles. The lowest BCUT2D eigenvalue weighted by Crippen LogP contribution is -2.12. The van der Waals surface area contributed by atoms with E-state index in [9.17, 15) is 0 Å². The summed E-state index contributed by atoms with van der Waals surface area (Å²) in [6, 6.07) is 3.03. The molecule has 1 heterocycles. The van der Waals surface area contributed by atoms with Crippen LogP contribution in [0.3, 0.4) is 0 Å². The lowest BCUT2D eigenvalue weighted by molar-refractivity contribution is 0.590. The molecule has 72 valence electrons. The number of fused-ring (bicyclic) bond motifs is 1. The molecule has 0 fully saturated rings. The first-order valence-corrected chi connectivity index (χ1v) is 5.83. The molecule has 1 aliphatic carbocycles. The van der Waals surface area contributed by atoms with Gasteiger partial charge in [-0.25, -0.2) is 0 Å². The predicted molar refractivity (Wildman–Crippen MR) is 58.5 cm³/mol. The van der Waals surface area contributed by atoms with Crippen LogP contribution in [0.1, 0.15) is 47.5 Å². The van der Waals surface area contributed by atoms with Crippen LogP contribution in [0.25, 0.3) is 0 Å². The summed E-state index contributed by atoms with van der Waals surface area (Å²) in [6.45, 7) is 4.55. The van der Waals surface area contributed by atoms with E-state index in [0.717, 1.165) is 0 Å². The van der Waals surface area contributed by atoms with Gasteiger partial charge in [0.05, 0.1) is 0 Å². The Morgan fingerprint density at radius 2 is 2.31 bits per heavy atom. The first-order chi connectivity index (χ1) is 6.22. The Morgan fingerprint density at radius 3 is 2.92 bits per heavy atom. The van der Waals surface area contributed by atoms with Crippen LogP contribution in [-0.2, 0) is 6.42 Å². The van der Waals surface area contributed by atoms with Gasteiger partial charge in [-0.15, -0.1) is 11.3 Å². The number of aryl methyl sites for hydroxylation is 1. The van der Waals surface area contributed by atoms with E-state index in [1.807, 2.05) is 11.3 Å². The summed E-state index contributed by atoms with van der Waals surface area (Å²) in [7, 11) is 2.06. The Labute approximate surface area is 84.2 Å². The van der Waals surface area contributed by atoms with Crippen molar-refractivity contribution in [2.75, 3.05) is 7.05 Å². The Bertz CT molecular complexity index is 301. The van der Waals surface area contributed by atoms with Gasteiger partial charge in [0, 0.05) is 15.8 Å².